The summed E-state index contributed by atoms with van der Waals surface area (Å²) >= 11 is 0. The van der Waals surface area contributed by atoms with E-state index in [4.69, 9.17) is 4.74 Å². The molecule has 0 aromatic heterocycles. The molecule has 0 aliphatic carbocycles. The van der Waals surface area contributed by atoms with Gasteiger partial charge >= 0.3 is 0 Å². The second-order valence-corrected chi connectivity index (χ2v) is 5.77. The summed E-state index contributed by atoms with van der Waals surface area (Å²) in [4.78, 5) is 14.6. The first-order valence-electron chi connectivity index (χ1n) is 7.43. The second kappa shape index (κ2) is 5.94. The molecule has 2 unspecified atom stereocenters. The lowest BCUT2D eigenvalue weighted by atomic mass is 10.1. The van der Waals surface area contributed by atoms with E-state index in [1.165, 1.54) is 19.4 Å². The Labute approximate surface area is 120 Å². The topological polar surface area (TPSA) is 41.6 Å². The number of nitrogens with one attached hydrogen (secondary N) is 1. The lowest BCUT2D eigenvalue weighted by Crippen LogP contribution is -2.50. The van der Waals surface area contributed by atoms with E-state index in [0.29, 0.717) is 12.6 Å². The first kappa shape index (κ1) is 13.6. The van der Waals surface area contributed by atoms with Gasteiger partial charge in [-0.3, -0.25) is 9.69 Å². The second-order valence-electron chi connectivity index (χ2n) is 5.77. The lowest BCUT2D eigenvalue weighted by Gasteiger charge is -2.35. The van der Waals surface area contributed by atoms with Gasteiger partial charge in [0.25, 0.3) is 5.91 Å². The van der Waals surface area contributed by atoms with Crippen molar-refractivity contribution in [2.45, 2.75) is 31.9 Å². The SMILES string of the molecule is Cc1ccccc1C(=O)NCC1CN2CCCC2CO1. The van der Waals surface area contributed by atoms with Crippen molar-refractivity contribution in [3.63, 3.8) is 0 Å². The zero-order chi connectivity index (χ0) is 13.9. The molecule has 2 heterocycles. The van der Waals surface area contributed by atoms with E-state index in [1.54, 1.807) is 0 Å². The van der Waals surface area contributed by atoms with Crippen molar-refractivity contribution in [1.29, 1.82) is 0 Å². The third kappa shape index (κ3) is 2.86. The van der Waals surface area contributed by atoms with Crippen LogP contribution in [0.3, 0.4) is 0 Å². The third-order valence-corrected chi connectivity index (χ3v) is 4.34. The Balaban J connectivity index is 1.52. The number of morpholine rings is 1. The molecule has 20 heavy (non-hydrogen) atoms. The molecule has 2 aliphatic rings. The fraction of sp³-hybridized carbons (Fsp3) is 0.562. The molecule has 0 bridgehead atoms. The minimum atomic E-state index is -0.00440. The predicted octanol–water partition coefficient (Wildman–Crippen LogP) is 1.59. The van der Waals surface area contributed by atoms with Gasteiger partial charge in [0.1, 0.15) is 0 Å². The highest BCUT2D eigenvalue weighted by atomic mass is 16.5. The highest BCUT2D eigenvalue weighted by Gasteiger charge is 2.32. The van der Waals surface area contributed by atoms with Crippen LogP contribution < -0.4 is 5.32 Å². The van der Waals surface area contributed by atoms with Crippen LogP contribution in [0.4, 0.5) is 0 Å². The van der Waals surface area contributed by atoms with Crippen molar-refractivity contribution in [3.8, 4) is 0 Å². The average molecular weight is 274 g/mol. The van der Waals surface area contributed by atoms with Gasteiger partial charge in [0.2, 0.25) is 0 Å². The summed E-state index contributed by atoms with van der Waals surface area (Å²) in [6.07, 6.45) is 2.65. The van der Waals surface area contributed by atoms with Crippen molar-refractivity contribution in [1.82, 2.24) is 10.2 Å². The van der Waals surface area contributed by atoms with Gasteiger partial charge < -0.3 is 10.1 Å². The van der Waals surface area contributed by atoms with Gasteiger partial charge in [-0.25, -0.2) is 0 Å². The van der Waals surface area contributed by atoms with Gasteiger partial charge in [-0.1, -0.05) is 18.2 Å². The normalized spacial score (nSPS) is 26.2. The van der Waals surface area contributed by atoms with Crippen LogP contribution >= 0.6 is 0 Å². The summed E-state index contributed by atoms with van der Waals surface area (Å²) in [5.74, 6) is -0.00440. The first-order valence-corrected chi connectivity index (χ1v) is 7.43. The highest BCUT2D eigenvalue weighted by molar-refractivity contribution is 5.95. The van der Waals surface area contributed by atoms with Crippen molar-refractivity contribution in [2.24, 2.45) is 0 Å². The number of carbonyl (C=O) groups is 1. The molecule has 4 nitrogen and oxygen atoms in total. The molecule has 3 rings (SSSR count). The standard InChI is InChI=1S/C16H22N2O2/c1-12-5-2-3-7-15(12)16(19)17-9-14-10-18-8-4-6-13(18)11-20-14/h2-3,5,7,13-14H,4,6,8-11H2,1H3,(H,17,19). The third-order valence-electron chi connectivity index (χ3n) is 4.34. The van der Waals surface area contributed by atoms with E-state index in [0.717, 1.165) is 24.3 Å². The zero-order valence-electron chi connectivity index (χ0n) is 12.0. The molecule has 0 saturated carbocycles. The monoisotopic (exact) mass is 274 g/mol. The fourth-order valence-electron chi connectivity index (χ4n) is 3.14. The first-order chi connectivity index (χ1) is 9.74. The molecule has 1 N–H and O–H groups in total. The lowest BCUT2D eigenvalue weighted by molar-refractivity contribution is -0.0461. The molecule has 2 atom stereocenters. The van der Waals surface area contributed by atoms with Gasteiger partial charge in [0.15, 0.2) is 0 Å². The predicted molar refractivity (Wildman–Crippen MR) is 77.8 cm³/mol. The molecule has 108 valence electrons. The van der Waals surface area contributed by atoms with Crippen molar-refractivity contribution >= 4 is 5.91 Å². The fourth-order valence-corrected chi connectivity index (χ4v) is 3.14. The Bertz CT molecular complexity index is 489. The average Bonchev–Trinajstić information content (AvgIpc) is 2.92. The number of nitrogens with zero attached hydrogens (tertiary/aromatic N) is 1. The molecule has 2 saturated heterocycles. The van der Waals surface area contributed by atoms with Crippen LogP contribution in [0.1, 0.15) is 28.8 Å². The number of hydrogen-bond acceptors (Lipinski definition) is 3. The molecule has 0 spiro atoms. The molecule has 1 amide bonds. The molecule has 2 aliphatic heterocycles. The van der Waals surface area contributed by atoms with Crippen LogP contribution in [0.2, 0.25) is 0 Å². The van der Waals surface area contributed by atoms with Gasteiger partial charge in [-0.15, -0.1) is 0 Å². The summed E-state index contributed by atoms with van der Waals surface area (Å²) < 4.78 is 5.85. The Morgan fingerprint density at radius 2 is 2.30 bits per heavy atom. The maximum atomic E-state index is 12.2. The number of benzene rings is 1. The van der Waals surface area contributed by atoms with Crippen LogP contribution in [-0.4, -0.2) is 49.2 Å². The molecule has 4 heteroatoms. The number of rotatable bonds is 3. The van der Waals surface area contributed by atoms with Crippen LogP contribution in [0.15, 0.2) is 24.3 Å². The largest absolute Gasteiger partial charge is 0.373 e. The van der Waals surface area contributed by atoms with E-state index in [1.807, 2.05) is 31.2 Å². The summed E-state index contributed by atoms with van der Waals surface area (Å²) in [6, 6.07) is 8.28. The van der Waals surface area contributed by atoms with E-state index in [2.05, 4.69) is 10.2 Å². The van der Waals surface area contributed by atoms with E-state index in [9.17, 15) is 4.79 Å². The van der Waals surface area contributed by atoms with Gasteiger partial charge in [-0.2, -0.15) is 0 Å². The summed E-state index contributed by atoms with van der Waals surface area (Å²) in [5.41, 5.74) is 1.76. The molecule has 0 radical (unpaired) electrons. The van der Waals surface area contributed by atoms with E-state index < -0.39 is 0 Å². The number of aryl methyl sites for hydroxylation is 1. The van der Waals surface area contributed by atoms with Crippen LogP contribution in [-0.2, 0) is 4.74 Å². The molecular formula is C16H22N2O2. The Hall–Kier alpha value is -1.39. The quantitative estimate of drug-likeness (QED) is 0.910. The number of carbonyl (C=O) groups excluding carboxylic acids is 1. The van der Waals surface area contributed by atoms with Crippen molar-refractivity contribution in [2.75, 3.05) is 26.2 Å². The summed E-state index contributed by atoms with van der Waals surface area (Å²) in [7, 11) is 0. The highest BCUT2D eigenvalue weighted by Crippen LogP contribution is 2.22. The van der Waals surface area contributed by atoms with Crippen LogP contribution in [0.25, 0.3) is 0 Å². The molecule has 1 aromatic rings. The Morgan fingerprint density at radius 1 is 1.45 bits per heavy atom. The van der Waals surface area contributed by atoms with E-state index >= 15 is 0 Å². The van der Waals surface area contributed by atoms with E-state index in [-0.39, 0.29) is 12.0 Å². The Kier molecular flexibility index (Phi) is 4.03. The van der Waals surface area contributed by atoms with Crippen LogP contribution in [0.5, 0.6) is 0 Å². The Morgan fingerprint density at radius 3 is 3.15 bits per heavy atom. The smallest absolute Gasteiger partial charge is 0.251 e. The van der Waals surface area contributed by atoms with Gasteiger partial charge in [-0.05, 0) is 37.9 Å². The molecular weight excluding hydrogens is 252 g/mol. The number of ether oxygens (including phenoxy) is 1. The van der Waals surface area contributed by atoms with Crippen molar-refractivity contribution < 1.29 is 9.53 Å². The minimum absolute atomic E-state index is 0.00440. The van der Waals surface area contributed by atoms with Gasteiger partial charge in [0, 0.05) is 24.7 Å². The zero-order valence-corrected chi connectivity index (χ0v) is 12.0. The minimum Gasteiger partial charge on any atom is -0.373 e. The number of amides is 1. The molecule has 1 aromatic carbocycles. The maximum Gasteiger partial charge on any atom is 0.251 e. The van der Waals surface area contributed by atoms with Crippen LogP contribution in [0, 0.1) is 6.92 Å². The van der Waals surface area contributed by atoms with Gasteiger partial charge in [0.05, 0.1) is 12.7 Å². The summed E-state index contributed by atoms with van der Waals surface area (Å²) in [6.45, 7) is 5.48. The van der Waals surface area contributed by atoms with Crippen molar-refractivity contribution in [3.05, 3.63) is 35.4 Å². The summed E-state index contributed by atoms with van der Waals surface area (Å²) in [5, 5.41) is 3.00. The maximum absolute atomic E-state index is 12.2. The number of fused-ring (bicyclic) bond motifs is 1. The number of hydrogen-bond donors (Lipinski definition) is 1. The molecule has 2 fully saturated rings.